The first-order valence-electron chi connectivity index (χ1n) is 7.77. The number of rotatable bonds is 5. The van der Waals surface area contributed by atoms with E-state index in [1.807, 2.05) is 0 Å². The van der Waals surface area contributed by atoms with Crippen LogP contribution in [0, 0.1) is 0 Å². The Balaban J connectivity index is 1.89. The van der Waals surface area contributed by atoms with Crippen LogP contribution in [-0.4, -0.2) is 18.0 Å². The molecule has 0 aliphatic rings. The molecule has 1 atom stereocenters. The summed E-state index contributed by atoms with van der Waals surface area (Å²) < 4.78 is 42.5. The smallest absolute Gasteiger partial charge is 0.416 e. The number of amides is 1. The maximum Gasteiger partial charge on any atom is 0.416 e. The van der Waals surface area contributed by atoms with Crippen molar-refractivity contribution >= 4 is 35.2 Å². The molecular weight excluding hydrogens is 383 g/mol. The van der Waals surface area contributed by atoms with Crippen molar-refractivity contribution in [2.24, 2.45) is 0 Å². The molecule has 0 aromatic heterocycles. The van der Waals surface area contributed by atoms with Gasteiger partial charge in [-0.1, -0.05) is 23.7 Å². The number of benzene rings is 2. The van der Waals surface area contributed by atoms with Crippen molar-refractivity contribution in [3.05, 3.63) is 70.8 Å². The standard InChI is InChI=1S/C19H15ClF3NO3/c1-12(27-17(25)11-4-13-2-7-15(20)8-3-13)18(26)24-16-9-5-14(6-10-16)19(21,22)23/h2-12H,1H3,(H,24,26)/b11-4+/t12-/m1/s1. The third kappa shape index (κ3) is 6.45. The minimum atomic E-state index is -4.46. The lowest BCUT2D eigenvalue weighted by Gasteiger charge is -2.13. The van der Waals surface area contributed by atoms with Crippen molar-refractivity contribution in [2.75, 3.05) is 5.32 Å². The Morgan fingerprint density at radius 1 is 1.07 bits per heavy atom. The van der Waals surface area contributed by atoms with Crippen molar-refractivity contribution in [3.8, 4) is 0 Å². The molecule has 4 nitrogen and oxygen atoms in total. The molecule has 0 saturated heterocycles. The van der Waals surface area contributed by atoms with E-state index in [0.29, 0.717) is 5.02 Å². The molecule has 0 aliphatic carbocycles. The van der Waals surface area contributed by atoms with Gasteiger partial charge in [-0.3, -0.25) is 4.79 Å². The minimum absolute atomic E-state index is 0.160. The number of nitrogens with one attached hydrogen (secondary N) is 1. The number of hydrogen-bond acceptors (Lipinski definition) is 3. The summed E-state index contributed by atoms with van der Waals surface area (Å²) in [5, 5.41) is 2.94. The number of hydrogen-bond donors (Lipinski definition) is 1. The number of alkyl halides is 3. The molecule has 142 valence electrons. The monoisotopic (exact) mass is 397 g/mol. The van der Waals surface area contributed by atoms with Crippen LogP contribution in [0.15, 0.2) is 54.6 Å². The van der Waals surface area contributed by atoms with E-state index in [1.165, 1.54) is 13.0 Å². The van der Waals surface area contributed by atoms with Gasteiger partial charge in [-0.05, 0) is 55.0 Å². The van der Waals surface area contributed by atoms with Crippen LogP contribution in [0.4, 0.5) is 18.9 Å². The molecular formula is C19H15ClF3NO3. The van der Waals surface area contributed by atoms with E-state index in [4.69, 9.17) is 16.3 Å². The van der Waals surface area contributed by atoms with Gasteiger partial charge in [-0.25, -0.2) is 4.79 Å². The van der Waals surface area contributed by atoms with Crippen molar-refractivity contribution in [3.63, 3.8) is 0 Å². The van der Waals surface area contributed by atoms with Gasteiger partial charge in [-0.2, -0.15) is 13.2 Å². The predicted molar refractivity (Wildman–Crippen MR) is 96.1 cm³/mol. The lowest BCUT2D eigenvalue weighted by Crippen LogP contribution is -2.29. The van der Waals surface area contributed by atoms with E-state index in [0.717, 1.165) is 35.9 Å². The number of carbonyl (C=O) groups is 2. The Labute approximate surface area is 158 Å². The fourth-order valence-corrected chi connectivity index (χ4v) is 2.12. The Bertz CT molecular complexity index is 831. The first kappa shape index (κ1) is 20.5. The average Bonchev–Trinajstić information content (AvgIpc) is 2.61. The van der Waals surface area contributed by atoms with Crippen molar-refractivity contribution in [2.45, 2.75) is 19.2 Å². The maximum atomic E-state index is 12.5. The molecule has 0 bridgehead atoms. The van der Waals surface area contributed by atoms with Crippen LogP contribution in [0.5, 0.6) is 0 Å². The average molecular weight is 398 g/mol. The third-order valence-electron chi connectivity index (χ3n) is 3.42. The predicted octanol–water partition coefficient (Wildman–Crippen LogP) is 4.94. The topological polar surface area (TPSA) is 55.4 Å². The van der Waals surface area contributed by atoms with Crippen LogP contribution in [-0.2, 0) is 20.5 Å². The maximum absolute atomic E-state index is 12.5. The number of anilines is 1. The molecule has 0 fully saturated rings. The van der Waals surface area contributed by atoms with Gasteiger partial charge in [-0.15, -0.1) is 0 Å². The molecule has 2 aromatic rings. The lowest BCUT2D eigenvalue weighted by atomic mass is 10.2. The molecule has 8 heteroatoms. The summed E-state index contributed by atoms with van der Waals surface area (Å²) in [4.78, 5) is 23.8. The highest BCUT2D eigenvalue weighted by atomic mass is 35.5. The molecule has 1 amide bonds. The number of halogens is 4. The summed E-state index contributed by atoms with van der Waals surface area (Å²) in [6, 6.07) is 10.7. The lowest BCUT2D eigenvalue weighted by molar-refractivity contribution is -0.148. The minimum Gasteiger partial charge on any atom is -0.449 e. The van der Waals surface area contributed by atoms with Crippen LogP contribution in [0.2, 0.25) is 5.02 Å². The largest absolute Gasteiger partial charge is 0.449 e. The normalized spacial score (nSPS) is 12.6. The summed E-state index contributed by atoms with van der Waals surface area (Å²) in [5.41, 5.74) is 0.0538. The number of esters is 1. The Kier molecular flexibility index (Phi) is 6.63. The van der Waals surface area contributed by atoms with Gasteiger partial charge in [0.15, 0.2) is 6.10 Å². The van der Waals surface area contributed by atoms with Gasteiger partial charge in [0.25, 0.3) is 5.91 Å². The summed E-state index contributed by atoms with van der Waals surface area (Å²) >= 11 is 5.76. The highest BCUT2D eigenvalue weighted by molar-refractivity contribution is 6.30. The number of carbonyl (C=O) groups excluding carboxylic acids is 2. The van der Waals surface area contributed by atoms with Gasteiger partial charge in [0.2, 0.25) is 0 Å². The van der Waals surface area contributed by atoms with Gasteiger partial charge < -0.3 is 10.1 Å². The summed E-state index contributed by atoms with van der Waals surface area (Å²) in [6.45, 7) is 1.35. The molecule has 0 saturated carbocycles. The SMILES string of the molecule is C[C@@H](OC(=O)/C=C/c1ccc(Cl)cc1)C(=O)Nc1ccc(C(F)(F)F)cc1. The van der Waals surface area contributed by atoms with E-state index >= 15 is 0 Å². The summed E-state index contributed by atoms with van der Waals surface area (Å²) in [6.07, 6.45) is -2.93. The molecule has 0 radical (unpaired) electrons. The summed E-state index contributed by atoms with van der Waals surface area (Å²) in [7, 11) is 0. The van der Waals surface area contributed by atoms with Crippen LogP contribution in [0.25, 0.3) is 6.08 Å². The molecule has 1 N–H and O–H groups in total. The van der Waals surface area contributed by atoms with E-state index < -0.39 is 29.7 Å². The van der Waals surface area contributed by atoms with Crippen LogP contribution in [0.3, 0.4) is 0 Å². The van der Waals surface area contributed by atoms with Gasteiger partial charge in [0.1, 0.15) is 0 Å². The second kappa shape index (κ2) is 8.73. The van der Waals surface area contributed by atoms with E-state index in [-0.39, 0.29) is 5.69 Å². The fraction of sp³-hybridized carbons (Fsp3) is 0.158. The zero-order chi connectivity index (χ0) is 20.0. The van der Waals surface area contributed by atoms with Crippen molar-refractivity contribution in [1.82, 2.24) is 0 Å². The third-order valence-corrected chi connectivity index (χ3v) is 3.68. The second-order valence-corrected chi connectivity index (χ2v) is 5.96. The molecule has 0 unspecified atom stereocenters. The Morgan fingerprint density at radius 3 is 2.22 bits per heavy atom. The van der Waals surface area contributed by atoms with E-state index in [9.17, 15) is 22.8 Å². The fourth-order valence-electron chi connectivity index (χ4n) is 1.99. The van der Waals surface area contributed by atoms with Crippen molar-refractivity contribution < 1.29 is 27.5 Å². The quantitative estimate of drug-likeness (QED) is 0.574. The number of ether oxygens (including phenoxy) is 1. The van der Waals surface area contributed by atoms with E-state index in [2.05, 4.69) is 5.32 Å². The zero-order valence-electron chi connectivity index (χ0n) is 14.1. The molecule has 0 aliphatic heterocycles. The highest BCUT2D eigenvalue weighted by Gasteiger charge is 2.30. The Hall–Kier alpha value is -2.80. The molecule has 2 rings (SSSR count). The second-order valence-electron chi connectivity index (χ2n) is 5.53. The molecule has 2 aromatic carbocycles. The summed E-state index contributed by atoms with van der Waals surface area (Å²) in [5.74, 6) is -1.40. The molecule has 27 heavy (non-hydrogen) atoms. The molecule has 0 heterocycles. The van der Waals surface area contributed by atoms with Gasteiger partial charge in [0.05, 0.1) is 5.56 Å². The Morgan fingerprint density at radius 2 is 1.67 bits per heavy atom. The van der Waals surface area contributed by atoms with Crippen LogP contribution in [0.1, 0.15) is 18.1 Å². The van der Waals surface area contributed by atoms with Gasteiger partial charge in [0, 0.05) is 16.8 Å². The highest BCUT2D eigenvalue weighted by Crippen LogP contribution is 2.29. The molecule has 0 spiro atoms. The van der Waals surface area contributed by atoms with Crippen LogP contribution >= 0.6 is 11.6 Å². The first-order valence-corrected chi connectivity index (χ1v) is 8.15. The zero-order valence-corrected chi connectivity index (χ0v) is 14.8. The van der Waals surface area contributed by atoms with Crippen LogP contribution < -0.4 is 5.32 Å². The van der Waals surface area contributed by atoms with E-state index in [1.54, 1.807) is 24.3 Å². The van der Waals surface area contributed by atoms with Crippen molar-refractivity contribution in [1.29, 1.82) is 0 Å². The first-order chi connectivity index (χ1) is 12.6. The van der Waals surface area contributed by atoms with Gasteiger partial charge >= 0.3 is 12.1 Å².